The fraction of sp³-hybridized carbons (Fsp3) is 0.700. The van der Waals surface area contributed by atoms with Gasteiger partial charge in [-0.25, -0.2) is 0 Å². The predicted octanol–water partition coefficient (Wildman–Crippen LogP) is 4.40. The van der Waals surface area contributed by atoms with Gasteiger partial charge in [-0.3, -0.25) is 4.90 Å². The summed E-state index contributed by atoms with van der Waals surface area (Å²) < 4.78 is 5.59. The molecule has 5 rings (SSSR count). The summed E-state index contributed by atoms with van der Waals surface area (Å²) in [5.74, 6) is 4.07. The number of ether oxygens (including phenoxy) is 1. The molecule has 0 aliphatic heterocycles. The van der Waals surface area contributed by atoms with E-state index in [1.54, 1.807) is 7.11 Å². The zero-order chi connectivity index (χ0) is 15.3. The summed E-state index contributed by atoms with van der Waals surface area (Å²) >= 11 is 0. The van der Waals surface area contributed by atoms with Crippen molar-refractivity contribution in [2.45, 2.75) is 57.5 Å². The van der Waals surface area contributed by atoms with Crippen LogP contribution in [-0.2, 0) is 6.54 Å². The molecule has 4 aliphatic rings. The lowest BCUT2D eigenvalue weighted by Crippen LogP contribution is -2.58. The van der Waals surface area contributed by atoms with Crippen molar-refractivity contribution in [1.82, 2.24) is 4.90 Å². The first-order chi connectivity index (χ1) is 10.6. The van der Waals surface area contributed by atoms with Gasteiger partial charge in [0.1, 0.15) is 5.75 Å². The molecule has 0 aromatic heterocycles. The smallest absolute Gasteiger partial charge is 0.123 e. The average molecular weight is 299 g/mol. The van der Waals surface area contributed by atoms with Crippen LogP contribution in [0.3, 0.4) is 0 Å². The second-order valence-corrected chi connectivity index (χ2v) is 8.31. The minimum atomic E-state index is 0.476. The van der Waals surface area contributed by atoms with Gasteiger partial charge < -0.3 is 4.74 Å². The van der Waals surface area contributed by atoms with Crippen LogP contribution in [0.4, 0.5) is 0 Å². The average Bonchev–Trinajstić information content (AvgIpc) is 2.46. The van der Waals surface area contributed by atoms with E-state index in [-0.39, 0.29) is 0 Å². The molecule has 1 aromatic rings. The van der Waals surface area contributed by atoms with Crippen molar-refractivity contribution >= 4 is 0 Å². The summed E-state index contributed by atoms with van der Waals surface area (Å²) in [4.78, 5) is 2.68. The Hall–Kier alpha value is -1.02. The summed E-state index contributed by atoms with van der Waals surface area (Å²) in [6.07, 6.45) is 8.85. The molecular weight excluding hydrogens is 270 g/mol. The number of rotatable bonds is 4. The standard InChI is InChI=1S/C20H29NO/c1-14-4-5-19(22-3)18(6-14)13-21(2)20-10-15-7-16(11-20)9-17(8-15)12-20/h4-6,15-17H,7-13H2,1-3H3. The van der Waals surface area contributed by atoms with Gasteiger partial charge in [-0.2, -0.15) is 0 Å². The van der Waals surface area contributed by atoms with Crippen LogP contribution in [0.2, 0.25) is 0 Å². The molecule has 0 amide bonds. The van der Waals surface area contributed by atoms with Crippen molar-refractivity contribution < 1.29 is 4.74 Å². The number of hydrogen-bond acceptors (Lipinski definition) is 2. The Morgan fingerprint density at radius 2 is 1.68 bits per heavy atom. The molecule has 2 heteroatoms. The van der Waals surface area contributed by atoms with Crippen LogP contribution in [0.1, 0.15) is 49.7 Å². The molecular formula is C20H29NO. The molecule has 0 heterocycles. The summed E-state index contributed by atoms with van der Waals surface area (Å²) in [7, 11) is 4.15. The predicted molar refractivity (Wildman–Crippen MR) is 90.1 cm³/mol. The van der Waals surface area contributed by atoms with Crippen molar-refractivity contribution in [2.75, 3.05) is 14.2 Å². The quantitative estimate of drug-likeness (QED) is 0.817. The van der Waals surface area contributed by atoms with Crippen LogP contribution in [0, 0.1) is 24.7 Å². The molecule has 0 N–H and O–H groups in total. The lowest BCUT2D eigenvalue weighted by atomic mass is 9.52. The third-order valence-corrected chi connectivity index (χ3v) is 6.66. The molecule has 0 atom stereocenters. The van der Waals surface area contributed by atoms with Gasteiger partial charge in [-0.05, 0) is 76.3 Å². The van der Waals surface area contributed by atoms with Crippen molar-refractivity contribution in [3.05, 3.63) is 29.3 Å². The van der Waals surface area contributed by atoms with Crippen LogP contribution in [0.5, 0.6) is 5.75 Å². The normalized spacial score (nSPS) is 36.1. The molecule has 0 saturated heterocycles. The Balaban J connectivity index is 1.57. The lowest BCUT2D eigenvalue weighted by Gasteiger charge is -2.60. The Morgan fingerprint density at radius 3 is 2.23 bits per heavy atom. The highest BCUT2D eigenvalue weighted by Crippen LogP contribution is 2.57. The molecule has 22 heavy (non-hydrogen) atoms. The summed E-state index contributed by atoms with van der Waals surface area (Å²) in [6.45, 7) is 3.20. The van der Waals surface area contributed by atoms with E-state index >= 15 is 0 Å². The molecule has 4 aliphatic carbocycles. The van der Waals surface area contributed by atoms with Gasteiger partial charge in [0, 0.05) is 17.6 Å². The fourth-order valence-corrected chi connectivity index (χ4v) is 5.99. The number of hydrogen-bond donors (Lipinski definition) is 0. The summed E-state index contributed by atoms with van der Waals surface area (Å²) in [6, 6.07) is 6.57. The van der Waals surface area contributed by atoms with Crippen LogP contribution in [0.15, 0.2) is 18.2 Å². The number of benzene rings is 1. The van der Waals surface area contributed by atoms with Crippen LogP contribution in [-0.4, -0.2) is 24.6 Å². The Bertz CT molecular complexity index is 530. The minimum absolute atomic E-state index is 0.476. The van der Waals surface area contributed by atoms with E-state index in [4.69, 9.17) is 4.74 Å². The highest BCUT2D eigenvalue weighted by atomic mass is 16.5. The lowest BCUT2D eigenvalue weighted by molar-refractivity contribution is -0.0823. The monoisotopic (exact) mass is 299 g/mol. The summed E-state index contributed by atoms with van der Waals surface area (Å²) in [5.41, 5.74) is 3.15. The number of aryl methyl sites for hydroxylation is 1. The molecule has 0 radical (unpaired) electrons. The van der Waals surface area contributed by atoms with Crippen LogP contribution in [0.25, 0.3) is 0 Å². The Kier molecular flexibility index (Phi) is 3.48. The molecule has 4 bridgehead atoms. The van der Waals surface area contributed by atoms with E-state index < -0.39 is 0 Å². The summed E-state index contributed by atoms with van der Waals surface area (Å²) in [5, 5.41) is 0. The van der Waals surface area contributed by atoms with Gasteiger partial charge in [0.2, 0.25) is 0 Å². The van der Waals surface area contributed by atoms with E-state index in [0.29, 0.717) is 5.54 Å². The van der Waals surface area contributed by atoms with E-state index in [9.17, 15) is 0 Å². The highest BCUT2D eigenvalue weighted by molar-refractivity contribution is 5.37. The van der Waals surface area contributed by atoms with Gasteiger partial charge in [-0.1, -0.05) is 17.7 Å². The van der Waals surface area contributed by atoms with Crippen molar-refractivity contribution in [3.8, 4) is 5.75 Å². The first-order valence-electron chi connectivity index (χ1n) is 8.93. The van der Waals surface area contributed by atoms with Crippen molar-refractivity contribution in [2.24, 2.45) is 17.8 Å². The second-order valence-electron chi connectivity index (χ2n) is 8.31. The van der Waals surface area contributed by atoms with E-state index in [1.807, 2.05) is 0 Å². The Morgan fingerprint density at radius 1 is 1.09 bits per heavy atom. The molecule has 1 aromatic carbocycles. The maximum atomic E-state index is 5.59. The van der Waals surface area contributed by atoms with Crippen molar-refractivity contribution in [1.29, 1.82) is 0 Å². The SMILES string of the molecule is COc1ccc(C)cc1CN(C)C12CC3CC(CC(C3)C1)C2. The van der Waals surface area contributed by atoms with Gasteiger partial charge in [-0.15, -0.1) is 0 Å². The molecule has 4 saturated carbocycles. The largest absolute Gasteiger partial charge is 0.496 e. The second kappa shape index (κ2) is 5.26. The molecule has 2 nitrogen and oxygen atoms in total. The van der Waals surface area contributed by atoms with E-state index in [0.717, 1.165) is 30.0 Å². The van der Waals surface area contributed by atoms with Crippen LogP contribution >= 0.6 is 0 Å². The van der Waals surface area contributed by atoms with E-state index in [2.05, 4.69) is 37.1 Å². The van der Waals surface area contributed by atoms with E-state index in [1.165, 1.54) is 49.7 Å². The van der Waals surface area contributed by atoms with Gasteiger partial charge in [0.15, 0.2) is 0 Å². The molecule has 0 unspecified atom stereocenters. The van der Waals surface area contributed by atoms with Gasteiger partial charge >= 0.3 is 0 Å². The Labute approximate surface area is 134 Å². The maximum Gasteiger partial charge on any atom is 0.123 e. The third kappa shape index (κ3) is 2.36. The topological polar surface area (TPSA) is 12.5 Å². The number of nitrogens with zero attached hydrogens (tertiary/aromatic N) is 1. The van der Waals surface area contributed by atoms with Gasteiger partial charge in [0.25, 0.3) is 0 Å². The first-order valence-corrected chi connectivity index (χ1v) is 8.93. The molecule has 4 fully saturated rings. The van der Waals surface area contributed by atoms with Crippen molar-refractivity contribution in [3.63, 3.8) is 0 Å². The number of methoxy groups -OCH3 is 1. The first kappa shape index (κ1) is 14.6. The minimum Gasteiger partial charge on any atom is -0.496 e. The van der Waals surface area contributed by atoms with Crippen LogP contribution < -0.4 is 4.74 Å². The molecule has 0 spiro atoms. The maximum absolute atomic E-state index is 5.59. The zero-order valence-corrected chi connectivity index (χ0v) is 14.3. The van der Waals surface area contributed by atoms with Gasteiger partial charge in [0.05, 0.1) is 7.11 Å². The molecule has 120 valence electrons. The highest BCUT2D eigenvalue weighted by Gasteiger charge is 2.52. The fourth-order valence-electron chi connectivity index (χ4n) is 5.99. The zero-order valence-electron chi connectivity index (χ0n) is 14.3. The third-order valence-electron chi connectivity index (χ3n) is 6.66.